The van der Waals surface area contributed by atoms with Crippen molar-refractivity contribution >= 4 is 52.3 Å². The molecular formula is C28H23NO4S2. The van der Waals surface area contributed by atoms with E-state index in [2.05, 4.69) is 0 Å². The zero-order valence-electron chi connectivity index (χ0n) is 18.7. The number of amides is 1. The average molecular weight is 502 g/mol. The Hall–Kier alpha value is -3.68. The normalized spacial score (nSPS) is 15.7. The minimum absolute atomic E-state index is 0.176. The van der Waals surface area contributed by atoms with Crippen LogP contribution >= 0.6 is 24.0 Å². The largest absolute Gasteiger partial charge is 0.490 e. The molecule has 7 heteroatoms. The molecule has 0 spiro atoms. The Morgan fingerprint density at radius 3 is 2.40 bits per heavy atom. The van der Waals surface area contributed by atoms with E-state index >= 15 is 0 Å². The minimum atomic E-state index is -1.09. The number of ether oxygens (including phenoxy) is 1. The van der Waals surface area contributed by atoms with Gasteiger partial charge in [0, 0.05) is 6.42 Å². The van der Waals surface area contributed by atoms with Crippen molar-refractivity contribution in [2.45, 2.75) is 12.5 Å². The Morgan fingerprint density at radius 1 is 1.00 bits per heavy atom. The van der Waals surface area contributed by atoms with Gasteiger partial charge >= 0.3 is 5.97 Å². The summed E-state index contributed by atoms with van der Waals surface area (Å²) in [6, 6.07) is 25.5. The molecule has 1 aliphatic rings. The average Bonchev–Trinajstić information content (AvgIpc) is 3.14. The van der Waals surface area contributed by atoms with E-state index in [1.807, 2.05) is 97.1 Å². The van der Waals surface area contributed by atoms with Crippen LogP contribution in [0.3, 0.4) is 0 Å². The van der Waals surface area contributed by atoms with Crippen LogP contribution in [0.5, 0.6) is 5.75 Å². The lowest BCUT2D eigenvalue weighted by atomic mass is 10.0. The van der Waals surface area contributed by atoms with Crippen LogP contribution in [0.4, 0.5) is 0 Å². The molecule has 3 aromatic rings. The van der Waals surface area contributed by atoms with E-state index in [1.165, 1.54) is 4.90 Å². The first-order valence-corrected chi connectivity index (χ1v) is 12.2. The molecule has 35 heavy (non-hydrogen) atoms. The Kier molecular flexibility index (Phi) is 8.13. The van der Waals surface area contributed by atoms with Crippen molar-refractivity contribution in [3.63, 3.8) is 0 Å². The molecule has 1 heterocycles. The van der Waals surface area contributed by atoms with Crippen molar-refractivity contribution in [2.75, 3.05) is 6.61 Å². The van der Waals surface area contributed by atoms with Crippen LogP contribution in [0.1, 0.15) is 16.7 Å². The zero-order chi connectivity index (χ0) is 24.6. The number of rotatable bonds is 9. The van der Waals surface area contributed by atoms with Gasteiger partial charge in [0.25, 0.3) is 5.91 Å². The fraction of sp³-hybridized carbons (Fsp3) is 0.107. The fourth-order valence-electron chi connectivity index (χ4n) is 3.61. The van der Waals surface area contributed by atoms with Gasteiger partial charge in [0.2, 0.25) is 0 Å². The minimum Gasteiger partial charge on any atom is -0.490 e. The molecule has 1 atom stereocenters. The van der Waals surface area contributed by atoms with Gasteiger partial charge in [-0.05, 0) is 41.0 Å². The molecule has 0 unspecified atom stereocenters. The van der Waals surface area contributed by atoms with Crippen LogP contribution in [-0.2, 0) is 16.0 Å². The highest BCUT2D eigenvalue weighted by molar-refractivity contribution is 8.26. The van der Waals surface area contributed by atoms with Gasteiger partial charge in [-0.1, -0.05) is 103 Å². The van der Waals surface area contributed by atoms with Crippen molar-refractivity contribution < 1.29 is 19.4 Å². The number of carbonyl (C=O) groups is 2. The molecule has 0 saturated carbocycles. The number of hydrogen-bond acceptors (Lipinski definition) is 5. The Labute approximate surface area is 213 Å². The third kappa shape index (κ3) is 6.47. The first-order chi connectivity index (χ1) is 17.0. The molecule has 1 N–H and O–H groups in total. The van der Waals surface area contributed by atoms with Gasteiger partial charge in [-0.15, -0.1) is 0 Å². The topological polar surface area (TPSA) is 66.8 Å². The lowest BCUT2D eigenvalue weighted by Gasteiger charge is -2.23. The maximum atomic E-state index is 13.1. The number of carbonyl (C=O) groups excluding carboxylic acids is 1. The van der Waals surface area contributed by atoms with Crippen molar-refractivity contribution in [3.8, 4) is 5.75 Å². The number of nitrogens with zero attached hydrogens (tertiary/aromatic N) is 1. The molecule has 4 rings (SSSR count). The van der Waals surface area contributed by atoms with E-state index < -0.39 is 17.9 Å². The van der Waals surface area contributed by atoms with E-state index in [-0.39, 0.29) is 10.7 Å². The predicted octanol–water partition coefficient (Wildman–Crippen LogP) is 5.68. The van der Waals surface area contributed by atoms with Crippen LogP contribution in [-0.4, -0.2) is 38.9 Å². The lowest BCUT2D eigenvalue weighted by molar-refractivity contribution is -0.145. The number of benzene rings is 3. The van der Waals surface area contributed by atoms with Crippen LogP contribution in [0.15, 0.2) is 95.9 Å². The smallest absolute Gasteiger partial charge is 0.327 e. The number of aliphatic carboxylic acids is 1. The van der Waals surface area contributed by atoms with Crippen LogP contribution < -0.4 is 4.74 Å². The van der Waals surface area contributed by atoms with Gasteiger partial charge in [-0.2, -0.15) is 0 Å². The molecule has 5 nitrogen and oxygen atoms in total. The van der Waals surface area contributed by atoms with E-state index in [0.29, 0.717) is 17.3 Å². The first-order valence-electron chi connectivity index (χ1n) is 11.0. The summed E-state index contributed by atoms with van der Waals surface area (Å²) >= 11 is 6.50. The molecule has 1 amide bonds. The Bertz CT molecular complexity index is 1270. The third-order valence-electron chi connectivity index (χ3n) is 5.30. The summed E-state index contributed by atoms with van der Waals surface area (Å²) < 4.78 is 6.06. The van der Waals surface area contributed by atoms with Gasteiger partial charge in [-0.25, -0.2) is 4.79 Å². The fourth-order valence-corrected chi connectivity index (χ4v) is 4.97. The van der Waals surface area contributed by atoms with Crippen molar-refractivity contribution in [1.82, 2.24) is 4.90 Å². The van der Waals surface area contributed by atoms with Crippen molar-refractivity contribution in [3.05, 3.63) is 113 Å². The molecule has 3 aromatic carbocycles. The van der Waals surface area contributed by atoms with Crippen LogP contribution in [0.25, 0.3) is 12.2 Å². The summed E-state index contributed by atoms with van der Waals surface area (Å²) in [7, 11) is 0. The number of hydrogen-bond donors (Lipinski definition) is 1. The van der Waals surface area contributed by atoms with Crippen LogP contribution in [0.2, 0.25) is 0 Å². The molecule has 0 aromatic heterocycles. The summed E-state index contributed by atoms with van der Waals surface area (Å²) in [5, 5.41) is 9.81. The van der Waals surface area contributed by atoms with Gasteiger partial charge in [0.05, 0.1) is 4.91 Å². The van der Waals surface area contributed by atoms with E-state index in [0.717, 1.165) is 28.5 Å². The highest BCUT2D eigenvalue weighted by Gasteiger charge is 2.40. The second-order valence-electron chi connectivity index (χ2n) is 7.79. The number of carboxylic acids is 1. The zero-order valence-corrected chi connectivity index (χ0v) is 20.4. The molecule has 176 valence electrons. The summed E-state index contributed by atoms with van der Waals surface area (Å²) in [4.78, 5) is 26.7. The third-order valence-corrected chi connectivity index (χ3v) is 6.63. The molecule has 0 radical (unpaired) electrons. The van der Waals surface area contributed by atoms with E-state index in [4.69, 9.17) is 17.0 Å². The first kappa shape index (κ1) is 24.4. The SMILES string of the molecule is O=C(O)[C@H](Cc1ccccc1)N1C(=O)/C(=C/c2cccc(OC/C=C/c3ccccc3)c2)SC1=S. The van der Waals surface area contributed by atoms with Crippen molar-refractivity contribution in [1.29, 1.82) is 0 Å². The molecule has 0 aliphatic carbocycles. The van der Waals surface area contributed by atoms with Gasteiger partial charge < -0.3 is 9.84 Å². The predicted molar refractivity (Wildman–Crippen MR) is 144 cm³/mol. The lowest BCUT2D eigenvalue weighted by Crippen LogP contribution is -2.45. The number of carboxylic acid groups (broad SMARTS) is 1. The molecule has 0 bridgehead atoms. The summed E-state index contributed by atoms with van der Waals surface area (Å²) in [6.07, 6.45) is 5.82. The summed E-state index contributed by atoms with van der Waals surface area (Å²) in [5.41, 5.74) is 2.69. The Balaban J connectivity index is 1.45. The second-order valence-corrected chi connectivity index (χ2v) is 9.47. The summed E-state index contributed by atoms with van der Waals surface area (Å²) in [5.74, 6) is -0.828. The monoisotopic (exact) mass is 501 g/mol. The molecule has 1 saturated heterocycles. The second kappa shape index (κ2) is 11.6. The molecular weight excluding hydrogens is 478 g/mol. The standard InChI is InChI=1S/C28H23NO4S2/c30-26-25(35-28(34)29(26)24(27(31)32)18-21-11-5-2-6-12-21)19-22-13-7-15-23(17-22)33-16-8-14-20-9-3-1-4-10-20/h1-15,17,19,24H,16,18H2,(H,31,32)/b14-8+,25-19-/t24-/m0/s1. The maximum Gasteiger partial charge on any atom is 0.327 e. The highest BCUT2D eigenvalue weighted by atomic mass is 32.2. The quantitative estimate of drug-likeness (QED) is 0.301. The summed E-state index contributed by atoms with van der Waals surface area (Å²) in [6.45, 7) is 0.403. The van der Waals surface area contributed by atoms with Gasteiger partial charge in [0.1, 0.15) is 22.7 Å². The van der Waals surface area contributed by atoms with E-state index in [1.54, 1.807) is 6.08 Å². The highest BCUT2D eigenvalue weighted by Crippen LogP contribution is 2.35. The maximum absolute atomic E-state index is 13.1. The number of thioether (sulfide) groups is 1. The van der Waals surface area contributed by atoms with E-state index in [9.17, 15) is 14.7 Å². The molecule has 1 aliphatic heterocycles. The van der Waals surface area contributed by atoms with Gasteiger partial charge in [-0.3, -0.25) is 9.69 Å². The van der Waals surface area contributed by atoms with Crippen LogP contribution in [0, 0.1) is 0 Å². The molecule has 1 fully saturated rings. The Morgan fingerprint density at radius 2 is 1.69 bits per heavy atom. The van der Waals surface area contributed by atoms with Gasteiger partial charge in [0.15, 0.2) is 0 Å². The van der Waals surface area contributed by atoms with Crippen molar-refractivity contribution in [2.24, 2.45) is 0 Å². The number of thiocarbonyl (C=S) groups is 1.